The van der Waals surface area contributed by atoms with Gasteiger partial charge in [0, 0.05) is 30.3 Å². The number of fused-ring (bicyclic) bond motifs is 1. The maximum atomic E-state index is 12.1. The van der Waals surface area contributed by atoms with E-state index in [9.17, 15) is 4.79 Å². The molecule has 0 atom stereocenters. The van der Waals surface area contributed by atoms with E-state index in [0.717, 1.165) is 46.6 Å². The summed E-state index contributed by atoms with van der Waals surface area (Å²) in [6, 6.07) is 18.7. The second-order valence-corrected chi connectivity index (χ2v) is 6.43. The predicted molar refractivity (Wildman–Crippen MR) is 115 cm³/mol. The van der Waals surface area contributed by atoms with Gasteiger partial charge < -0.3 is 16.0 Å². The van der Waals surface area contributed by atoms with Crippen molar-refractivity contribution in [1.29, 1.82) is 0 Å². The lowest BCUT2D eigenvalue weighted by Crippen LogP contribution is -2.19. The number of nitrogens with zero attached hydrogens (tertiary/aromatic N) is 3. The molecule has 0 aliphatic heterocycles. The Kier molecular flexibility index (Phi) is 5.57. The molecule has 7 nitrogen and oxygen atoms in total. The molecule has 0 aliphatic carbocycles. The SMILES string of the molecule is O=C(Nc1ccccc1)Nc1ccc(CCNc2ncnc3ccncc23)cc1. The molecular formula is C22H20N6O. The second kappa shape index (κ2) is 8.79. The van der Waals surface area contributed by atoms with Crippen molar-refractivity contribution in [3.8, 4) is 0 Å². The van der Waals surface area contributed by atoms with Gasteiger partial charge in [0.25, 0.3) is 0 Å². The van der Waals surface area contributed by atoms with E-state index in [1.807, 2.05) is 60.7 Å². The predicted octanol–water partition coefficient (Wildman–Crippen LogP) is 4.32. The summed E-state index contributed by atoms with van der Waals surface area (Å²) in [6.45, 7) is 0.724. The van der Waals surface area contributed by atoms with E-state index in [4.69, 9.17) is 0 Å². The monoisotopic (exact) mass is 384 g/mol. The summed E-state index contributed by atoms with van der Waals surface area (Å²) >= 11 is 0. The van der Waals surface area contributed by atoms with Gasteiger partial charge in [-0.05, 0) is 42.3 Å². The first kappa shape index (κ1) is 18.4. The fourth-order valence-electron chi connectivity index (χ4n) is 2.94. The normalized spacial score (nSPS) is 10.5. The molecule has 0 spiro atoms. The van der Waals surface area contributed by atoms with E-state index in [0.29, 0.717) is 0 Å². The molecule has 0 saturated heterocycles. The first-order valence-corrected chi connectivity index (χ1v) is 9.28. The van der Waals surface area contributed by atoms with Crippen molar-refractivity contribution in [3.05, 3.63) is 84.9 Å². The van der Waals surface area contributed by atoms with E-state index >= 15 is 0 Å². The number of pyridine rings is 1. The Bertz CT molecular complexity index is 1090. The Hall–Kier alpha value is -4.00. The zero-order chi connectivity index (χ0) is 19.9. The summed E-state index contributed by atoms with van der Waals surface area (Å²) in [5, 5.41) is 9.87. The quantitative estimate of drug-likeness (QED) is 0.460. The summed E-state index contributed by atoms with van der Waals surface area (Å²) in [4.78, 5) is 24.7. The van der Waals surface area contributed by atoms with Crippen molar-refractivity contribution in [2.75, 3.05) is 22.5 Å². The van der Waals surface area contributed by atoms with E-state index in [-0.39, 0.29) is 6.03 Å². The van der Waals surface area contributed by atoms with E-state index in [1.54, 1.807) is 18.7 Å². The van der Waals surface area contributed by atoms with Crippen LogP contribution in [0.3, 0.4) is 0 Å². The first-order chi connectivity index (χ1) is 14.3. The number of anilines is 3. The molecule has 144 valence electrons. The molecule has 2 amide bonds. The van der Waals surface area contributed by atoms with Gasteiger partial charge in [0.1, 0.15) is 12.1 Å². The van der Waals surface area contributed by atoms with Crippen LogP contribution in [-0.2, 0) is 6.42 Å². The summed E-state index contributed by atoms with van der Waals surface area (Å²) < 4.78 is 0. The molecule has 2 heterocycles. The number of nitrogens with one attached hydrogen (secondary N) is 3. The van der Waals surface area contributed by atoms with Crippen LogP contribution in [0, 0.1) is 0 Å². The van der Waals surface area contributed by atoms with Crippen LogP contribution in [0.25, 0.3) is 10.9 Å². The van der Waals surface area contributed by atoms with Gasteiger partial charge in [0.2, 0.25) is 0 Å². The van der Waals surface area contributed by atoms with Gasteiger partial charge in [-0.15, -0.1) is 0 Å². The minimum Gasteiger partial charge on any atom is -0.369 e. The van der Waals surface area contributed by atoms with Crippen molar-refractivity contribution in [2.24, 2.45) is 0 Å². The zero-order valence-corrected chi connectivity index (χ0v) is 15.7. The number of amides is 2. The molecule has 2 aromatic heterocycles. The molecular weight excluding hydrogens is 364 g/mol. The largest absolute Gasteiger partial charge is 0.369 e. The smallest absolute Gasteiger partial charge is 0.323 e. The van der Waals surface area contributed by atoms with Crippen LogP contribution in [-0.4, -0.2) is 27.5 Å². The molecule has 0 bridgehead atoms. The first-order valence-electron chi connectivity index (χ1n) is 9.28. The number of carbonyl (C=O) groups is 1. The Morgan fingerprint density at radius 3 is 2.41 bits per heavy atom. The third kappa shape index (κ3) is 4.84. The number of aromatic nitrogens is 3. The van der Waals surface area contributed by atoms with E-state index < -0.39 is 0 Å². The number of benzene rings is 2. The van der Waals surface area contributed by atoms with Crippen molar-refractivity contribution in [3.63, 3.8) is 0 Å². The third-order valence-corrected chi connectivity index (χ3v) is 4.39. The average Bonchev–Trinajstić information content (AvgIpc) is 2.76. The minimum absolute atomic E-state index is 0.269. The summed E-state index contributed by atoms with van der Waals surface area (Å²) in [5.74, 6) is 0.777. The molecule has 2 aromatic carbocycles. The highest BCUT2D eigenvalue weighted by atomic mass is 16.2. The van der Waals surface area contributed by atoms with Crippen LogP contribution < -0.4 is 16.0 Å². The lowest BCUT2D eigenvalue weighted by Gasteiger charge is -2.10. The summed E-state index contributed by atoms with van der Waals surface area (Å²) in [6.07, 6.45) is 5.85. The van der Waals surface area contributed by atoms with Gasteiger partial charge in [-0.2, -0.15) is 0 Å². The maximum absolute atomic E-state index is 12.1. The lowest BCUT2D eigenvalue weighted by atomic mass is 10.1. The highest BCUT2D eigenvalue weighted by Crippen LogP contribution is 2.17. The Morgan fingerprint density at radius 1 is 0.862 bits per heavy atom. The number of hydrogen-bond acceptors (Lipinski definition) is 5. The fourth-order valence-corrected chi connectivity index (χ4v) is 2.94. The average molecular weight is 384 g/mol. The molecule has 0 saturated carbocycles. The van der Waals surface area contributed by atoms with Gasteiger partial charge in [-0.25, -0.2) is 14.8 Å². The summed E-state index contributed by atoms with van der Waals surface area (Å²) in [7, 11) is 0. The fraction of sp³-hybridized carbons (Fsp3) is 0.0909. The number of hydrogen-bond donors (Lipinski definition) is 3. The molecule has 0 radical (unpaired) electrons. The van der Waals surface area contributed by atoms with Gasteiger partial charge in [0.05, 0.1) is 10.9 Å². The zero-order valence-electron chi connectivity index (χ0n) is 15.7. The third-order valence-electron chi connectivity index (χ3n) is 4.39. The van der Waals surface area contributed by atoms with Crippen LogP contribution in [0.15, 0.2) is 79.4 Å². The van der Waals surface area contributed by atoms with Gasteiger partial charge in [-0.1, -0.05) is 30.3 Å². The van der Waals surface area contributed by atoms with E-state index in [1.165, 1.54) is 0 Å². The molecule has 0 aliphatic rings. The standard InChI is InChI=1S/C22H20N6O/c29-22(27-17-4-2-1-3-5-17)28-18-8-6-16(7-9-18)10-13-24-21-19-14-23-12-11-20(19)25-15-26-21/h1-9,11-12,14-15H,10,13H2,(H,24,25,26)(H2,27,28,29). The topological polar surface area (TPSA) is 91.8 Å². The Balaban J connectivity index is 1.30. The molecule has 7 heteroatoms. The van der Waals surface area contributed by atoms with Crippen LogP contribution >= 0.6 is 0 Å². The van der Waals surface area contributed by atoms with Crippen molar-refractivity contribution in [1.82, 2.24) is 15.0 Å². The highest BCUT2D eigenvalue weighted by molar-refractivity contribution is 5.99. The molecule has 29 heavy (non-hydrogen) atoms. The minimum atomic E-state index is -0.269. The van der Waals surface area contributed by atoms with Crippen LogP contribution in [0.4, 0.5) is 22.0 Å². The highest BCUT2D eigenvalue weighted by Gasteiger charge is 2.04. The van der Waals surface area contributed by atoms with Crippen molar-refractivity contribution in [2.45, 2.75) is 6.42 Å². The summed E-state index contributed by atoms with van der Waals surface area (Å²) in [5.41, 5.74) is 3.51. The maximum Gasteiger partial charge on any atom is 0.323 e. The number of carbonyl (C=O) groups excluding carboxylic acids is 1. The number of para-hydroxylation sites is 1. The van der Waals surface area contributed by atoms with E-state index in [2.05, 4.69) is 30.9 Å². The lowest BCUT2D eigenvalue weighted by molar-refractivity contribution is 0.262. The molecule has 4 aromatic rings. The number of urea groups is 1. The molecule has 4 rings (SSSR count). The van der Waals surface area contributed by atoms with Gasteiger partial charge >= 0.3 is 6.03 Å². The number of rotatable bonds is 6. The Morgan fingerprint density at radius 2 is 1.62 bits per heavy atom. The Labute approximate surface area is 168 Å². The van der Waals surface area contributed by atoms with Crippen LogP contribution in [0.2, 0.25) is 0 Å². The van der Waals surface area contributed by atoms with Gasteiger partial charge in [0.15, 0.2) is 0 Å². The van der Waals surface area contributed by atoms with Crippen LogP contribution in [0.5, 0.6) is 0 Å². The molecule has 3 N–H and O–H groups in total. The van der Waals surface area contributed by atoms with Gasteiger partial charge in [-0.3, -0.25) is 4.98 Å². The van der Waals surface area contributed by atoms with Crippen molar-refractivity contribution >= 4 is 34.1 Å². The molecule has 0 unspecified atom stereocenters. The van der Waals surface area contributed by atoms with Crippen molar-refractivity contribution < 1.29 is 4.79 Å². The molecule has 0 fully saturated rings. The van der Waals surface area contributed by atoms with Crippen LogP contribution in [0.1, 0.15) is 5.56 Å². The second-order valence-electron chi connectivity index (χ2n) is 6.43.